The Morgan fingerprint density at radius 2 is 1.96 bits per heavy atom. The first kappa shape index (κ1) is 19.0. The van der Waals surface area contributed by atoms with E-state index in [9.17, 15) is 9.59 Å². The Morgan fingerprint density at radius 1 is 1.15 bits per heavy atom. The maximum Gasteiger partial charge on any atom is 0.234 e. The van der Waals surface area contributed by atoms with Crippen molar-refractivity contribution in [3.8, 4) is 0 Å². The fourth-order valence-corrected chi connectivity index (χ4v) is 4.51. The van der Waals surface area contributed by atoms with Gasteiger partial charge < -0.3 is 10.6 Å². The van der Waals surface area contributed by atoms with Crippen LogP contribution in [0.15, 0.2) is 40.7 Å². The van der Waals surface area contributed by atoms with Gasteiger partial charge in [-0.05, 0) is 36.4 Å². The maximum absolute atomic E-state index is 12.1. The summed E-state index contributed by atoms with van der Waals surface area (Å²) in [5, 5.41) is 6.39. The van der Waals surface area contributed by atoms with Gasteiger partial charge in [0.25, 0.3) is 0 Å². The Morgan fingerprint density at radius 3 is 2.69 bits per heavy atom. The number of thioether (sulfide) groups is 1. The molecule has 1 aromatic heterocycles. The van der Waals surface area contributed by atoms with Crippen LogP contribution in [0.4, 0.5) is 11.4 Å². The van der Waals surface area contributed by atoms with Crippen molar-refractivity contribution < 1.29 is 9.59 Å². The van der Waals surface area contributed by atoms with E-state index in [4.69, 9.17) is 23.2 Å². The number of anilines is 2. The van der Waals surface area contributed by atoms with Crippen molar-refractivity contribution in [2.24, 2.45) is 0 Å². The van der Waals surface area contributed by atoms with Gasteiger partial charge in [-0.1, -0.05) is 35.0 Å². The third-order valence-corrected chi connectivity index (χ3v) is 5.93. The summed E-state index contributed by atoms with van der Waals surface area (Å²) in [6, 6.07) is 10.4. The normalized spacial score (nSPS) is 10.7. The number of hydrogen-bond acceptors (Lipinski definition) is 5. The Balaban J connectivity index is 1.63. The number of rotatable bonds is 5. The molecule has 2 N–H and O–H groups in total. The van der Waals surface area contributed by atoms with Crippen molar-refractivity contribution >= 4 is 79.7 Å². The number of carbonyl (C=O) groups is 2. The number of aromatic nitrogens is 1. The summed E-state index contributed by atoms with van der Waals surface area (Å²) in [7, 11) is 0. The van der Waals surface area contributed by atoms with Crippen LogP contribution in [0.5, 0.6) is 0 Å². The first-order valence-corrected chi connectivity index (χ1v) is 10.0. The fraction of sp³-hybridized carbons (Fsp3) is 0.118. The van der Waals surface area contributed by atoms with E-state index < -0.39 is 0 Å². The Labute approximate surface area is 168 Å². The van der Waals surface area contributed by atoms with Crippen molar-refractivity contribution in [2.75, 3.05) is 16.4 Å². The number of amides is 2. The molecule has 9 heteroatoms. The summed E-state index contributed by atoms with van der Waals surface area (Å²) in [6.45, 7) is 1.46. The summed E-state index contributed by atoms with van der Waals surface area (Å²) in [5.41, 5.74) is 2.07. The van der Waals surface area contributed by atoms with Gasteiger partial charge in [-0.2, -0.15) is 0 Å². The highest BCUT2D eigenvalue weighted by Crippen LogP contribution is 2.31. The Kier molecular flexibility index (Phi) is 6.03. The van der Waals surface area contributed by atoms with Crippen LogP contribution in [0, 0.1) is 0 Å². The fourth-order valence-electron chi connectivity index (χ4n) is 2.15. The highest BCUT2D eigenvalue weighted by Gasteiger charge is 2.10. The van der Waals surface area contributed by atoms with Crippen LogP contribution in [0.2, 0.25) is 10.0 Å². The van der Waals surface area contributed by atoms with Gasteiger partial charge in [0, 0.05) is 17.6 Å². The summed E-state index contributed by atoms with van der Waals surface area (Å²) in [6.07, 6.45) is 0. The highest BCUT2D eigenvalue weighted by atomic mass is 35.5. The highest BCUT2D eigenvalue weighted by molar-refractivity contribution is 8.01. The Bertz CT molecular complexity index is 991. The number of nitrogens with zero attached hydrogens (tertiary/aromatic N) is 1. The summed E-state index contributed by atoms with van der Waals surface area (Å²) < 4.78 is 1.72. The van der Waals surface area contributed by atoms with E-state index in [0.717, 1.165) is 20.2 Å². The van der Waals surface area contributed by atoms with Gasteiger partial charge in [-0.15, -0.1) is 11.3 Å². The average Bonchev–Trinajstić information content (AvgIpc) is 2.97. The van der Waals surface area contributed by atoms with Gasteiger partial charge in [0.1, 0.15) is 0 Å². The number of carbonyl (C=O) groups excluding carboxylic acids is 2. The largest absolute Gasteiger partial charge is 0.326 e. The molecule has 0 aliphatic carbocycles. The molecule has 1 heterocycles. The molecule has 26 heavy (non-hydrogen) atoms. The van der Waals surface area contributed by atoms with Gasteiger partial charge >= 0.3 is 0 Å². The molecule has 0 aliphatic rings. The van der Waals surface area contributed by atoms with Gasteiger partial charge in [-0.3, -0.25) is 9.59 Å². The first-order valence-electron chi connectivity index (χ1n) is 7.46. The van der Waals surface area contributed by atoms with Gasteiger partial charge in [0.15, 0.2) is 4.34 Å². The number of benzene rings is 2. The van der Waals surface area contributed by atoms with Crippen molar-refractivity contribution in [3.63, 3.8) is 0 Å². The molecule has 3 rings (SSSR count). The second-order valence-corrected chi connectivity index (χ2v) is 8.40. The standard InChI is InChI=1S/C17H13Cl2N3O2S2/c1-9(23)20-11-3-5-14-15(7-11)26-17(22-14)25-8-16(24)21-13-4-2-10(18)6-12(13)19/h2-7H,8H2,1H3,(H,20,23)(H,21,24). The molecule has 0 radical (unpaired) electrons. The molecule has 0 spiro atoms. The average molecular weight is 426 g/mol. The minimum absolute atomic E-state index is 0.124. The zero-order valence-electron chi connectivity index (χ0n) is 13.5. The lowest BCUT2D eigenvalue weighted by Crippen LogP contribution is -2.14. The van der Waals surface area contributed by atoms with E-state index in [1.807, 2.05) is 12.1 Å². The van der Waals surface area contributed by atoms with E-state index in [0.29, 0.717) is 15.7 Å². The third kappa shape index (κ3) is 4.88. The number of halogens is 2. The molecule has 0 fully saturated rings. The third-order valence-electron chi connectivity index (χ3n) is 3.22. The van der Waals surface area contributed by atoms with E-state index in [2.05, 4.69) is 15.6 Å². The van der Waals surface area contributed by atoms with Crippen LogP contribution < -0.4 is 10.6 Å². The summed E-state index contributed by atoms with van der Waals surface area (Å²) in [5.74, 6) is -0.101. The first-order chi connectivity index (χ1) is 12.4. The van der Waals surface area contributed by atoms with Crippen LogP contribution in [0.25, 0.3) is 10.2 Å². The second kappa shape index (κ2) is 8.26. The van der Waals surface area contributed by atoms with E-state index in [1.54, 1.807) is 24.3 Å². The van der Waals surface area contributed by atoms with Crippen LogP contribution in [0.1, 0.15) is 6.92 Å². The smallest absolute Gasteiger partial charge is 0.234 e. The van der Waals surface area contributed by atoms with Gasteiger partial charge in [-0.25, -0.2) is 4.98 Å². The lowest BCUT2D eigenvalue weighted by molar-refractivity contribution is -0.114. The zero-order chi connectivity index (χ0) is 18.7. The van der Waals surface area contributed by atoms with E-state index in [-0.39, 0.29) is 17.6 Å². The van der Waals surface area contributed by atoms with Crippen molar-refractivity contribution in [1.29, 1.82) is 0 Å². The number of hydrogen-bond donors (Lipinski definition) is 2. The van der Waals surface area contributed by atoms with Gasteiger partial charge in [0.2, 0.25) is 11.8 Å². The van der Waals surface area contributed by atoms with Crippen molar-refractivity contribution in [2.45, 2.75) is 11.3 Å². The van der Waals surface area contributed by atoms with Crippen molar-refractivity contribution in [3.05, 3.63) is 46.4 Å². The molecule has 0 bridgehead atoms. The predicted octanol–water partition coefficient (Wildman–Crippen LogP) is 5.29. The molecular formula is C17H13Cl2N3O2S2. The van der Waals surface area contributed by atoms with Crippen LogP contribution >= 0.6 is 46.3 Å². The topological polar surface area (TPSA) is 71.1 Å². The maximum atomic E-state index is 12.1. The lowest BCUT2D eigenvalue weighted by atomic mass is 10.3. The number of nitrogens with one attached hydrogen (secondary N) is 2. The van der Waals surface area contributed by atoms with E-state index >= 15 is 0 Å². The molecule has 0 aliphatic heterocycles. The summed E-state index contributed by atoms with van der Waals surface area (Å²) >= 11 is 14.7. The van der Waals surface area contributed by atoms with Crippen LogP contribution in [-0.2, 0) is 9.59 Å². The molecular weight excluding hydrogens is 413 g/mol. The number of thiazole rings is 1. The minimum atomic E-state index is -0.183. The lowest BCUT2D eigenvalue weighted by Gasteiger charge is -2.06. The molecule has 0 unspecified atom stereocenters. The quantitative estimate of drug-likeness (QED) is 0.544. The van der Waals surface area contributed by atoms with E-state index in [1.165, 1.54) is 30.0 Å². The molecule has 2 amide bonds. The molecule has 0 atom stereocenters. The predicted molar refractivity (Wildman–Crippen MR) is 110 cm³/mol. The van der Waals surface area contributed by atoms with Crippen LogP contribution in [0.3, 0.4) is 0 Å². The van der Waals surface area contributed by atoms with Gasteiger partial charge in [0.05, 0.1) is 26.7 Å². The molecule has 0 saturated carbocycles. The number of fused-ring (bicyclic) bond motifs is 1. The Hall–Kier alpha value is -1.80. The SMILES string of the molecule is CC(=O)Nc1ccc2nc(SCC(=O)Nc3ccc(Cl)cc3Cl)sc2c1. The monoisotopic (exact) mass is 425 g/mol. The minimum Gasteiger partial charge on any atom is -0.326 e. The summed E-state index contributed by atoms with van der Waals surface area (Å²) in [4.78, 5) is 27.7. The van der Waals surface area contributed by atoms with Crippen LogP contribution in [-0.4, -0.2) is 22.6 Å². The zero-order valence-corrected chi connectivity index (χ0v) is 16.7. The van der Waals surface area contributed by atoms with Crippen molar-refractivity contribution in [1.82, 2.24) is 4.98 Å². The molecule has 0 saturated heterocycles. The molecule has 3 aromatic rings. The molecule has 134 valence electrons. The second-order valence-electron chi connectivity index (χ2n) is 5.30. The molecule has 2 aromatic carbocycles. The molecule has 5 nitrogen and oxygen atoms in total.